The van der Waals surface area contributed by atoms with E-state index in [2.05, 4.69) is 0 Å². The lowest BCUT2D eigenvalue weighted by atomic mass is 10.0. The predicted molar refractivity (Wildman–Crippen MR) is 97.1 cm³/mol. The minimum atomic E-state index is -0.833. The zero-order valence-corrected chi connectivity index (χ0v) is 14.6. The molecule has 0 fully saturated rings. The van der Waals surface area contributed by atoms with E-state index in [1.54, 1.807) is 38.4 Å². The highest BCUT2D eigenvalue weighted by Crippen LogP contribution is 2.23. The van der Waals surface area contributed by atoms with E-state index < -0.39 is 17.3 Å². The molecule has 0 aliphatic heterocycles. The van der Waals surface area contributed by atoms with Crippen molar-refractivity contribution in [3.63, 3.8) is 0 Å². The molecule has 26 heavy (non-hydrogen) atoms. The standard InChI is InChI=1S/C20H19NO5/c1-3-26-20(24)17-18(22)15(12-13-7-6-8-14(11-13)25-2)16-9-4-5-10-21(16)19(17)23/h4-11,23H,3,12H2,1-2H3. The molecule has 3 aromatic rings. The number of fused-ring (bicyclic) bond motifs is 1. The van der Waals surface area contributed by atoms with Crippen molar-refractivity contribution in [2.75, 3.05) is 13.7 Å². The Morgan fingerprint density at radius 1 is 1.19 bits per heavy atom. The van der Waals surface area contributed by atoms with E-state index in [4.69, 9.17) is 9.47 Å². The Morgan fingerprint density at radius 2 is 2.00 bits per heavy atom. The quantitative estimate of drug-likeness (QED) is 0.714. The van der Waals surface area contributed by atoms with E-state index >= 15 is 0 Å². The molecule has 0 amide bonds. The van der Waals surface area contributed by atoms with Gasteiger partial charge >= 0.3 is 5.97 Å². The molecule has 6 heteroatoms. The molecule has 0 aliphatic rings. The zero-order chi connectivity index (χ0) is 18.7. The van der Waals surface area contributed by atoms with E-state index in [0.717, 1.165) is 5.56 Å². The summed E-state index contributed by atoms with van der Waals surface area (Å²) in [4.78, 5) is 25.2. The third-order valence-corrected chi connectivity index (χ3v) is 4.12. The minimum Gasteiger partial charge on any atom is -0.497 e. The van der Waals surface area contributed by atoms with Gasteiger partial charge < -0.3 is 14.6 Å². The molecule has 0 radical (unpaired) electrons. The van der Waals surface area contributed by atoms with Crippen molar-refractivity contribution in [1.82, 2.24) is 4.40 Å². The molecule has 3 rings (SSSR count). The number of nitrogens with zero attached hydrogens (tertiary/aromatic N) is 1. The molecule has 0 spiro atoms. The van der Waals surface area contributed by atoms with Crippen molar-refractivity contribution < 1.29 is 19.4 Å². The van der Waals surface area contributed by atoms with Crippen molar-refractivity contribution >= 4 is 11.5 Å². The average molecular weight is 353 g/mol. The van der Waals surface area contributed by atoms with E-state index in [-0.39, 0.29) is 18.6 Å². The van der Waals surface area contributed by atoms with Crippen LogP contribution in [0.2, 0.25) is 0 Å². The van der Waals surface area contributed by atoms with Gasteiger partial charge in [-0.05, 0) is 36.8 Å². The molecule has 1 N–H and O–H groups in total. The van der Waals surface area contributed by atoms with Crippen molar-refractivity contribution in [2.45, 2.75) is 13.3 Å². The Kier molecular flexibility index (Phi) is 4.93. The lowest BCUT2D eigenvalue weighted by molar-refractivity contribution is 0.0520. The summed E-state index contributed by atoms with van der Waals surface area (Å²) >= 11 is 0. The fourth-order valence-electron chi connectivity index (χ4n) is 2.91. The van der Waals surface area contributed by atoms with E-state index in [1.807, 2.05) is 24.3 Å². The summed E-state index contributed by atoms with van der Waals surface area (Å²) < 4.78 is 11.6. The number of hydrogen-bond donors (Lipinski definition) is 1. The van der Waals surface area contributed by atoms with Crippen LogP contribution in [0.5, 0.6) is 11.6 Å². The second-order valence-corrected chi connectivity index (χ2v) is 5.71. The number of benzene rings is 1. The van der Waals surface area contributed by atoms with Gasteiger partial charge in [-0.25, -0.2) is 4.79 Å². The molecular formula is C20H19NO5. The van der Waals surface area contributed by atoms with Crippen LogP contribution in [-0.2, 0) is 11.2 Å². The molecular weight excluding hydrogens is 334 g/mol. The Morgan fingerprint density at radius 3 is 2.73 bits per heavy atom. The molecule has 6 nitrogen and oxygen atoms in total. The molecule has 2 aromatic heterocycles. The number of esters is 1. The van der Waals surface area contributed by atoms with Gasteiger partial charge in [0.15, 0.2) is 5.56 Å². The number of methoxy groups -OCH3 is 1. The van der Waals surface area contributed by atoms with Gasteiger partial charge in [0.2, 0.25) is 11.3 Å². The van der Waals surface area contributed by atoms with E-state index in [1.165, 1.54) is 4.40 Å². The lowest BCUT2D eigenvalue weighted by Gasteiger charge is -2.13. The second-order valence-electron chi connectivity index (χ2n) is 5.71. The van der Waals surface area contributed by atoms with Crippen LogP contribution in [0.4, 0.5) is 0 Å². The first-order chi connectivity index (χ1) is 12.6. The largest absolute Gasteiger partial charge is 0.497 e. The normalized spacial score (nSPS) is 10.7. The van der Waals surface area contributed by atoms with Crippen molar-refractivity contribution in [3.8, 4) is 11.6 Å². The first-order valence-electron chi connectivity index (χ1n) is 8.22. The molecule has 0 saturated carbocycles. The Hall–Kier alpha value is -3.28. The van der Waals surface area contributed by atoms with Gasteiger partial charge in [-0.3, -0.25) is 9.20 Å². The van der Waals surface area contributed by atoms with Crippen LogP contribution in [-0.4, -0.2) is 29.2 Å². The monoisotopic (exact) mass is 353 g/mol. The van der Waals surface area contributed by atoms with Crippen LogP contribution in [0.15, 0.2) is 53.5 Å². The molecule has 0 atom stereocenters. The summed E-state index contributed by atoms with van der Waals surface area (Å²) in [6, 6.07) is 12.6. The molecule has 0 bridgehead atoms. The molecule has 1 aromatic carbocycles. The highest BCUT2D eigenvalue weighted by atomic mass is 16.5. The maximum Gasteiger partial charge on any atom is 0.347 e. The van der Waals surface area contributed by atoms with Crippen LogP contribution in [0.25, 0.3) is 5.52 Å². The Bertz CT molecular complexity index is 1020. The molecule has 134 valence electrons. The maximum atomic E-state index is 13.0. The summed E-state index contributed by atoms with van der Waals surface area (Å²) in [7, 11) is 1.57. The first-order valence-corrected chi connectivity index (χ1v) is 8.22. The lowest BCUT2D eigenvalue weighted by Crippen LogP contribution is -2.23. The van der Waals surface area contributed by atoms with Crippen molar-refractivity contribution in [2.24, 2.45) is 0 Å². The minimum absolute atomic E-state index is 0.112. The van der Waals surface area contributed by atoms with Crippen LogP contribution < -0.4 is 10.2 Å². The number of aromatic nitrogens is 1. The third-order valence-electron chi connectivity index (χ3n) is 4.12. The summed E-state index contributed by atoms with van der Waals surface area (Å²) in [5, 5.41) is 10.4. The summed E-state index contributed by atoms with van der Waals surface area (Å²) in [5.74, 6) is -0.574. The molecule has 0 aliphatic carbocycles. The van der Waals surface area contributed by atoms with Crippen molar-refractivity contribution in [3.05, 3.63) is 75.6 Å². The Balaban J connectivity index is 2.23. The smallest absolute Gasteiger partial charge is 0.347 e. The zero-order valence-electron chi connectivity index (χ0n) is 14.6. The summed E-state index contributed by atoms with van der Waals surface area (Å²) in [5.41, 5.74) is 0.904. The number of carbonyl (C=O) groups excluding carboxylic acids is 1. The first kappa shape index (κ1) is 17.5. The second kappa shape index (κ2) is 7.31. The molecule has 2 heterocycles. The average Bonchev–Trinajstić information content (AvgIpc) is 2.65. The molecule has 0 saturated heterocycles. The van der Waals surface area contributed by atoms with Gasteiger partial charge in [0.25, 0.3) is 0 Å². The van der Waals surface area contributed by atoms with Crippen LogP contribution in [0.3, 0.4) is 0 Å². The fourth-order valence-corrected chi connectivity index (χ4v) is 2.91. The number of pyridine rings is 2. The van der Waals surface area contributed by atoms with Gasteiger partial charge in [-0.1, -0.05) is 18.2 Å². The van der Waals surface area contributed by atoms with Gasteiger partial charge in [-0.15, -0.1) is 0 Å². The summed E-state index contributed by atoms with van der Waals surface area (Å²) in [6.07, 6.45) is 1.89. The van der Waals surface area contributed by atoms with Gasteiger partial charge in [0.1, 0.15) is 5.75 Å². The topological polar surface area (TPSA) is 77.2 Å². The van der Waals surface area contributed by atoms with Crippen LogP contribution in [0.1, 0.15) is 28.4 Å². The van der Waals surface area contributed by atoms with E-state index in [9.17, 15) is 14.7 Å². The number of aromatic hydroxyl groups is 1. The van der Waals surface area contributed by atoms with Gasteiger partial charge in [-0.2, -0.15) is 0 Å². The van der Waals surface area contributed by atoms with Gasteiger partial charge in [0.05, 0.1) is 19.2 Å². The highest BCUT2D eigenvalue weighted by molar-refractivity contribution is 5.93. The Labute approximate surface area is 150 Å². The fraction of sp³-hybridized carbons (Fsp3) is 0.200. The van der Waals surface area contributed by atoms with Crippen LogP contribution >= 0.6 is 0 Å². The predicted octanol–water partition coefficient (Wildman–Crippen LogP) is 2.78. The van der Waals surface area contributed by atoms with Gasteiger partial charge in [0, 0.05) is 18.2 Å². The molecule has 0 unspecified atom stereocenters. The number of ether oxygens (including phenoxy) is 2. The third kappa shape index (κ3) is 3.13. The number of rotatable bonds is 5. The maximum absolute atomic E-state index is 13.0. The number of hydrogen-bond acceptors (Lipinski definition) is 5. The summed E-state index contributed by atoms with van der Waals surface area (Å²) in [6.45, 7) is 1.76. The highest BCUT2D eigenvalue weighted by Gasteiger charge is 2.23. The van der Waals surface area contributed by atoms with Crippen LogP contribution in [0, 0.1) is 0 Å². The van der Waals surface area contributed by atoms with Crippen molar-refractivity contribution in [1.29, 1.82) is 0 Å². The number of carbonyl (C=O) groups is 1. The van der Waals surface area contributed by atoms with E-state index in [0.29, 0.717) is 16.8 Å². The SMILES string of the molecule is CCOC(=O)c1c(O)n2ccccc2c(Cc2cccc(OC)c2)c1=O.